The number of thiophene rings is 1. The molecule has 3 amide bonds. The number of nitrogens with zero attached hydrogens (tertiary/aromatic N) is 5. The van der Waals surface area contributed by atoms with Gasteiger partial charge in [-0.2, -0.15) is 0 Å². The van der Waals surface area contributed by atoms with Crippen molar-refractivity contribution in [2.24, 2.45) is 0 Å². The average Bonchev–Trinajstić information content (AvgIpc) is 3.02. The fourth-order valence-electron chi connectivity index (χ4n) is 2.47. The highest BCUT2D eigenvalue weighted by Crippen LogP contribution is 2.22. The van der Waals surface area contributed by atoms with Gasteiger partial charge in [0, 0.05) is 40.3 Å². The Balaban J connectivity index is 1.73. The summed E-state index contributed by atoms with van der Waals surface area (Å²) >= 11 is 1.47. The summed E-state index contributed by atoms with van der Waals surface area (Å²) in [6.45, 7) is 2.13. The highest BCUT2D eigenvalue weighted by molar-refractivity contribution is 7.17. The number of rotatable bonds is 1. The van der Waals surface area contributed by atoms with Crippen molar-refractivity contribution in [3.63, 3.8) is 0 Å². The number of carbonyl (C=O) groups excluding carboxylic acids is 2. The minimum atomic E-state index is -0.0909. The van der Waals surface area contributed by atoms with E-state index in [1.54, 1.807) is 28.8 Å². The predicted molar refractivity (Wildman–Crippen MR) is 84.0 cm³/mol. The third kappa shape index (κ3) is 2.61. The zero-order valence-electron chi connectivity index (χ0n) is 12.5. The first kappa shape index (κ1) is 14.7. The first-order valence-electron chi connectivity index (χ1n) is 7.01. The molecule has 1 aliphatic rings. The van der Waals surface area contributed by atoms with Crippen LogP contribution in [-0.2, 0) is 0 Å². The van der Waals surface area contributed by atoms with E-state index >= 15 is 0 Å². The normalized spacial score (nSPS) is 15.2. The zero-order chi connectivity index (χ0) is 15.7. The van der Waals surface area contributed by atoms with Crippen molar-refractivity contribution in [3.8, 4) is 0 Å². The molecule has 116 valence electrons. The molecule has 1 fully saturated rings. The third-order valence-electron chi connectivity index (χ3n) is 3.67. The second-order valence-corrected chi connectivity index (χ2v) is 6.23. The summed E-state index contributed by atoms with van der Waals surface area (Å²) in [7, 11) is 3.46. The molecule has 0 unspecified atom stereocenters. The van der Waals surface area contributed by atoms with Gasteiger partial charge < -0.3 is 14.7 Å². The maximum atomic E-state index is 12.7. The molecule has 1 aliphatic heterocycles. The van der Waals surface area contributed by atoms with Gasteiger partial charge in [0.1, 0.15) is 12.0 Å². The van der Waals surface area contributed by atoms with E-state index in [1.165, 1.54) is 17.7 Å². The van der Waals surface area contributed by atoms with Gasteiger partial charge in [0.25, 0.3) is 5.91 Å². The minimum absolute atomic E-state index is 0.0187. The van der Waals surface area contributed by atoms with Gasteiger partial charge in [-0.05, 0) is 11.4 Å². The number of hydrogen-bond acceptors (Lipinski definition) is 5. The van der Waals surface area contributed by atoms with E-state index in [-0.39, 0.29) is 11.9 Å². The molecule has 0 radical (unpaired) electrons. The van der Waals surface area contributed by atoms with Crippen molar-refractivity contribution < 1.29 is 9.59 Å². The van der Waals surface area contributed by atoms with E-state index in [0.29, 0.717) is 31.9 Å². The SMILES string of the molecule is CN(C)C(=O)N1CCN(C(=O)c2ncnc3ccsc23)CC1. The maximum Gasteiger partial charge on any atom is 0.319 e. The molecule has 0 N–H and O–H groups in total. The smallest absolute Gasteiger partial charge is 0.319 e. The van der Waals surface area contributed by atoms with E-state index in [4.69, 9.17) is 0 Å². The molecule has 0 bridgehead atoms. The van der Waals surface area contributed by atoms with Gasteiger partial charge in [0.15, 0.2) is 0 Å². The first-order valence-corrected chi connectivity index (χ1v) is 7.89. The van der Waals surface area contributed by atoms with E-state index in [0.717, 1.165) is 10.2 Å². The summed E-state index contributed by atoms with van der Waals surface area (Å²) in [6, 6.07) is 1.86. The maximum absolute atomic E-state index is 12.7. The number of fused-ring (bicyclic) bond motifs is 1. The Morgan fingerprint density at radius 2 is 1.82 bits per heavy atom. The van der Waals surface area contributed by atoms with Crippen molar-refractivity contribution in [1.29, 1.82) is 0 Å². The molecular weight excluding hydrogens is 302 g/mol. The molecule has 0 spiro atoms. The monoisotopic (exact) mass is 319 g/mol. The topological polar surface area (TPSA) is 69.6 Å². The fraction of sp³-hybridized carbons (Fsp3) is 0.429. The number of amides is 3. The highest BCUT2D eigenvalue weighted by Gasteiger charge is 2.27. The Kier molecular flexibility index (Phi) is 3.93. The van der Waals surface area contributed by atoms with Crippen LogP contribution >= 0.6 is 11.3 Å². The lowest BCUT2D eigenvalue weighted by Crippen LogP contribution is -2.53. The lowest BCUT2D eigenvalue weighted by molar-refractivity contribution is 0.0647. The summed E-state index contributed by atoms with van der Waals surface area (Å²) in [6.07, 6.45) is 1.42. The molecule has 22 heavy (non-hydrogen) atoms. The Morgan fingerprint density at radius 3 is 2.50 bits per heavy atom. The van der Waals surface area contributed by atoms with Crippen molar-refractivity contribution in [1.82, 2.24) is 24.7 Å². The molecule has 8 heteroatoms. The molecule has 2 aromatic heterocycles. The second kappa shape index (κ2) is 5.88. The molecule has 2 aromatic rings. The van der Waals surface area contributed by atoms with Gasteiger partial charge in [0.2, 0.25) is 0 Å². The zero-order valence-corrected chi connectivity index (χ0v) is 13.3. The van der Waals surface area contributed by atoms with Crippen LogP contribution in [0.25, 0.3) is 10.2 Å². The van der Waals surface area contributed by atoms with Crippen LogP contribution < -0.4 is 0 Å². The minimum Gasteiger partial charge on any atom is -0.334 e. The number of hydrogen-bond donors (Lipinski definition) is 0. The Labute approximate surface area is 132 Å². The molecule has 0 aliphatic carbocycles. The molecule has 7 nitrogen and oxygen atoms in total. The molecule has 3 rings (SSSR count). The summed E-state index contributed by atoms with van der Waals surface area (Å²) < 4.78 is 0.819. The number of carbonyl (C=O) groups is 2. The van der Waals surface area contributed by atoms with Crippen molar-refractivity contribution in [2.75, 3.05) is 40.3 Å². The van der Waals surface area contributed by atoms with Gasteiger partial charge >= 0.3 is 6.03 Å². The van der Waals surface area contributed by atoms with Crippen LogP contribution in [0.1, 0.15) is 10.5 Å². The Morgan fingerprint density at radius 1 is 1.14 bits per heavy atom. The summed E-state index contributed by atoms with van der Waals surface area (Å²) in [5, 5.41) is 1.91. The molecular formula is C14H17N5O2S. The largest absolute Gasteiger partial charge is 0.334 e. The van der Waals surface area contributed by atoms with Crippen LogP contribution in [0.15, 0.2) is 17.8 Å². The first-order chi connectivity index (χ1) is 10.6. The van der Waals surface area contributed by atoms with Crippen molar-refractivity contribution in [3.05, 3.63) is 23.5 Å². The molecule has 1 saturated heterocycles. The molecule has 0 aromatic carbocycles. The average molecular weight is 319 g/mol. The number of aromatic nitrogens is 2. The standard InChI is InChI=1S/C14H17N5O2S/c1-17(2)14(21)19-6-4-18(5-7-19)13(20)11-12-10(3-8-22-12)15-9-16-11/h3,8-9H,4-7H2,1-2H3. The van der Waals surface area contributed by atoms with Gasteiger partial charge in [-0.25, -0.2) is 14.8 Å². The van der Waals surface area contributed by atoms with E-state index < -0.39 is 0 Å². The molecule has 0 atom stereocenters. The van der Waals surface area contributed by atoms with Crippen LogP contribution in [0, 0.1) is 0 Å². The summed E-state index contributed by atoms with van der Waals surface area (Å²) in [5.74, 6) is -0.0909. The fourth-order valence-corrected chi connectivity index (χ4v) is 3.30. The van der Waals surface area contributed by atoms with Gasteiger partial charge in [-0.1, -0.05) is 0 Å². The van der Waals surface area contributed by atoms with Crippen molar-refractivity contribution >= 4 is 33.5 Å². The summed E-state index contributed by atoms with van der Waals surface area (Å²) in [4.78, 5) is 37.9. The number of piperazine rings is 1. The van der Waals surface area contributed by atoms with E-state index in [1.807, 2.05) is 11.4 Å². The van der Waals surface area contributed by atoms with Gasteiger partial charge in [-0.3, -0.25) is 4.79 Å². The highest BCUT2D eigenvalue weighted by atomic mass is 32.1. The second-order valence-electron chi connectivity index (χ2n) is 5.31. The van der Waals surface area contributed by atoms with Crippen molar-refractivity contribution in [2.45, 2.75) is 0 Å². The number of urea groups is 1. The lowest BCUT2D eigenvalue weighted by atomic mass is 10.2. The van der Waals surface area contributed by atoms with E-state index in [9.17, 15) is 9.59 Å². The van der Waals surface area contributed by atoms with Gasteiger partial charge in [0.05, 0.1) is 10.2 Å². The quantitative estimate of drug-likeness (QED) is 0.790. The van der Waals surface area contributed by atoms with Crippen LogP contribution in [0.4, 0.5) is 4.79 Å². The van der Waals surface area contributed by atoms with Crippen LogP contribution in [0.5, 0.6) is 0 Å². The molecule has 3 heterocycles. The van der Waals surface area contributed by atoms with E-state index in [2.05, 4.69) is 9.97 Å². The third-order valence-corrected chi connectivity index (χ3v) is 4.58. The summed E-state index contributed by atoms with van der Waals surface area (Å²) in [5.41, 5.74) is 1.25. The lowest BCUT2D eigenvalue weighted by Gasteiger charge is -2.35. The molecule has 0 saturated carbocycles. The van der Waals surface area contributed by atoms with Crippen LogP contribution in [0.2, 0.25) is 0 Å². The predicted octanol–water partition coefficient (Wildman–Crippen LogP) is 1.13. The van der Waals surface area contributed by atoms with Gasteiger partial charge in [-0.15, -0.1) is 11.3 Å². The Hall–Kier alpha value is -2.22. The Bertz CT molecular complexity index is 706. The van der Waals surface area contributed by atoms with Crippen LogP contribution in [-0.4, -0.2) is 76.9 Å². The van der Waals surface area contributed by atoms with Crippen LogP contribution in [0.3, 0.4) is 0 Å².